The molecule has 0 aliphatic carbocycles. The van der Waals surface area contributed by atoms with E-state index in [1.54, 1.807) is 17.3 Å². The summed E-state index contributed by atoms with van der Waals surface area (Å²) in [6.07, 6.45) is 5.61. The summed E-state index contributed by atoms with van der Waals surface area (Å²) < 4.78 is 0. The Kier molecular flexibility index (Phi) is 4.71. The Balaban J connectivity index is 2.22. The molecule has 2 rings (SSSR count). The van der Waals surface area contributed by atoms with Crippen LogP contribution in [0.25, 0.3) is 0 Å². The number of amides is 2. The minimum Gasteiger partial charge on any atom is -0.343 e. The lowest BCUT2D eigenvalue weighted by Crippen LogP contribution is -2.62. The van der Waals surface area contributed by atoms with Gasteiger partial charge in [-0.15, -0.1) is 0 Å². The molecule has 1 fully saturated rings. The molecule has 1 aromatic heterocycles. The van der Waals surface area contributed by atoms with Gasteiger partial charge < -0.3 is 10.2 Å². The van der Waals surface area contributed by atoms with Gasteiger partial charge in [-0.2, -0.15) is 0 Å². The van der Waals surface area contributed by atoms with Crippen molar-refractivity contribution in [2.75, 3.05) is 0 Å². The van der Waals surface area contributed by atoms with E-state index in [1.807, 2.05) is 26.0 Å². The number of carbonyl (C=O) groups is 2. The lowest BCUT2D eigenvalue weighted by atomic mass is 10.0. The summed E-state index contributed by atoms with van der Waals surface area (Å²) in [5, 5.41) is 2.82. The van der Waals surface area contributed by atoms with Gasteiger partial charge in [-0.05, 0) is 24.5 Å². The average molecular weight is 275 g/mol. The molecule has 1 N–H and O–H groups in total. The van der Waals surface area contributed by atoms with Crippen LogP contribution in [0.3, 0.4) is 0 Å². The van der Waals surface area contributed by atoms with E-state index in [4.69, 9.17) is 0 Å². The number of piperazine rings is 1. The van der Waals surface area contributed by atoms with E-state index < -0.39 is 6.04 Å². The first-order valence-electron chi connectivity index (χ1n) is 7.17. The monoisotopic (exact) mass is 275 g/mol. The zero-order chi connectivity index (χ0) is 14.5. The molecule has 20 heavy (non-hydrogen) atoms. The summed E-state index contributed by atoms with van der Waals surface area (Å²) in [4.78, 5) is 30.4. The number of carbonyl (C=O) groups excluding carboxylic acids is 2. The number of hydrogen-bond donors (Lipinski definition) is 1. The summed E-state index contributed by atoms with van der Waals surface area (Å²) >= 11 is 0. The van der Waals surface area contributed by atoms with Crippen molar-refractivity contribution < 1.29 is 9.59 Å². The summed E-state index contributed by atoms with van der Waals surface area (Å²) in [5.74, 6) is -0.0309. The summed E-state index contributed by atoms with van der Waals surface area (Å²) in [5.41, 5.74) is 0.950. The molecule has 0 spiro atoms. The molecule has 2 atom stereocenters. The van der Waals surface area contributed by atoms with Gasteiger partial charge >= 0.3 is 0 Å². The fourth-order valence-electron chi connectivity index (χ4n) is 2.54. The highest BCUT2D eigenvalue weighted by atomic mass is 16.2. The highest BCUT2D eigenvalue weighted by molar-refractivity contribution is 5.96. The summed E-state index contributed by atoms with van der Waals surface area (Å²) in [6.45, 7) is 4.37. The van der Waals surface area contributed by atoms with Crippen molar-refractivity contribution in [3.63, 3.8) is 0 Å². The van der Waals surface area contributed by atoms with Crippen LogP contribution in [0.5, 0.6) is 0 Å². The van der Waals surface area contributed by atoms with E-state index in [-0.39, 0.29) is 17.9 Å². The topological polar surface area (TPSA) is 62.3 Å². The molecule has 5 nitrogen and oxygen atoms in total. The van der Waals surface area contributed by atoms with E-state index >= 15 is 0 Å². The maximum absolute atomic E-state index is 12.5. The Morgan fingerprint density at radius 3 is 2.75 bits per heavy atom. The number of aromatic nitrogens is 1. The lowest BCUT2D eigenvalue weighted by Gasteiger charge is -2.38. The van der Waals surface area contributed by atoms with Gasteiger partial charge in [0.05, 0.1) is 0 Å². The van der Waals surface area contributed by atoms with Crippen LogP contribution < -0.4 is 5.32 Å². The largest absolute Gasteiger partial charge is 0.343 e. The smallest absolute Gasteiger partial charge is 0.246 e. The lowest BCUT2D eigenvalue weighted by molar-refractivity contribution is -0.150. The van der Waals surface area contributed by atoms with Crippen molar-refractivity contribution in [1.29, 1.82) is 0 Å². The van der Waals surface area contributed by atoms with Crippen LogP contribution in [0.2, 0.25) is 0 Å². The van der Waals surface area contributed by atoms with Gasteiger partial charge in [0.15, 0.2) is 0 Å². The molecular weight excluding hydrogens is 254 g/mol. The Labute approximate surface area is 119 Å². The second-order valence-electron chi connectivity index (χ2n) is 5.10. The van der Waals surface area contributed by atoms with Gasteiger partial charge in [-0.1, -0.05) is 26.3 Å². The van der Waals surface area contributed by atoms with E-state index in [9.17, 15) is 9.59 Å². The molecule has 2 unspecified atom stereocenters. The predicted molar refractivity (Wildman–Crippen MR) is 75.7 cm³/mol. The summed E-state index contributed by atoms with van der Waals surface area (Å²) in [7, 11) is 0. The predicted octanol–water partition coefficient (Wildman–Crippen LogP) is 1.49. The van der Waals surface area contributed by atoms with Crippen LogP contribution in [-0.2, 0) is 16.1 Å². The third-order valence-electron chi connectivity index (χ3n) is 3.62. The molecule has 5 heteroatoms. The van der Waals surface area contributed by atoms with E-state index in [0.29, 0.717) is 19.4 Å². The quantitative estimate of drug-likeness (QED) is 0.885. The third kappa shape index (κ3) is 2.98. The zero-order valence-electron chi connectivity index (χ0n) is 12.0. The number of nitrogens with one attached hydrogen (secondary N) is 1. The van der Waals surface area contributed by atoms with Gasteiger partial charge in [-0.3, -0.25) is 14.6 Å². The van der Waals surface area contributed by atoms with Gasteiger partial charge in [-0.25, -0.2) is 0 Å². The highest BCUT2D eigenvalue weighted by Gasteiger charge is 2.38. The zero-order valence-corrected chi connectivity index (χ0v) is 12.0. The maximum atomic E-state index is 12.5. The van der Waals surface area contributed by atoms with Crippen molar-refractivity contribution in [3.05, 3.63) is 30.1 Å². The maximum Gasteiger partial charge on any atom is 0.246 e. The van der Waals surface area contributed by atoms with Crippen LogP contribution in [0.1, 0.15) is 38.7 Å². The van der Waals surface area contributed by atoms with Gasteiger partial charge in [0.25, 0.3) is 0 Å². The Bertz CT molecular complexity index is 475. The Morgan fingerprint density at radius 1 is 1.35 bits per heavy atom. The fourth-order valence-corrected chi connectivity index (χ4v) is 2.54. The first kappa shape index (κ1) is 14.5. The van der Waals surface area contributed by atoms with Crippen molar-refractivity contribution in [2.24, 2.45) is 0 Å². The van der Waals surface area contributed by atoms with Crippen LogP contribution in [0, 0.1) is 0 Å². The number of rotatable bonds is 5. The molecule has 1 aliphatic heterocycles. The first-order valence-corrected chi connectivity index (χ1v) is 7.17. The van der Waals surface area contributed by atoms with E-state index in [0.717, 1.165) is 12.0 Å². The summed E-state index contributed by atoms with van der Waals surface area (Å²) in [6, 6.07) is 3.01. The second-order valence-corrected chi connectivity index (χ2v) is 5.10. The van der Waals surface area contributed by atoms with Gasteiger partial charge in [0.2, 0.25) is 11.8 Å². The normalized spacial score (nSPS) is 22.8. The van der Waals surface area contributed by atoms with Crippen molar-refractivity contribution >= 4 is 11.8 Å². The van der Waals surface area contributed by atoms with E-state index in [2.05, 4.69) is 10.3 Å². The number of hydrogen-bond acceptors (Lipinski definition) is 3. The van der Waals surface area contributed by atoms with Crippen LogP contribution >= 0.6 is 0 Å². The SMILES string of the molecule is CCCC1C(=O)NC(CC)C(=O)N1Cc1cccnc1. The van der Waals surface area contributed by atoms with Gasteiger partial charge in [0, 0.05) is 18.9 Å². The average Bonchev–Trinajstić information content (AvgIpc) is 2.47. The third-order valence-corrected chi connectivity index (χ3v) is 3.62. The minimum absolute atomic E-state index is 0.00871. The van der Waals surface area contributed by atoms with Crippen LogP contribution in [0.15, 0.2) is 24.5 Å². The van der Waals surface area contributed by atoms with Crippen molar-refractivity contribution in [3.8, 4) is 0 Å². The second kappa shape index (κ2) is 6.50. The fraction of sp³-hybridized carbons (Fsp3) is 0.533. The molecule has 0 radical (unpaired) electrons. The molecule has 1 aliphatic rings. The van der Waals surface area contributed by atoms with Crippen molar-refractivity contribution in [2.45, 2.75) is 51.7 Å². The van der Waals surface area contributed by atoms with E-state index in [1.165, 1.54) is 0 Å². The molecule has 1 aromatic rings. The standard InChI is InChI=1S/C15H21N3O2/c1-3-6-13-14(19)17-12(4-2)15(20)18(13)10-11-7-5-8-16-9-11/h5,7-9,12-13H,3-4,6,10H2,1-2H3,(H,17,19). The van der Waals surface area contributed by atoms with Crippen LogP contribution in [-0.4, -0.2) is 33.8 Å². The molecule has 2 heterocycles. The van der Waals surface area contributed by atoms with Gasteiger partial charge in [0.1, 0.15) is 12.1 Å². The Morgan fingerprint density at radius 2 is 2.15 bits per heavy atom. The molecule has 0 aromatic carbocycles. The molecule has 0 bridgehead atoms. The molecule has 0 saturated carbocycles. The highest BCUT2D eigenvalue weighted by Crippen LogP contribution is 2.19. The number of pyridine rings is 1. The molecule has 2 amide bonds. The first-order chi connectivity index (χ1) is 9.67. The molecule has 1 saturated heterocycles. The Hall–Kier alpha value is -1.91. The van der Waals surface area contributed by atoms with Crippen LogP contribution in [0.4, 0.5) is 0 Å². The minimum atomic E-state index is -0.396. The molecule has 108 valence electrons. The van der Waals surface area contributed by atoms with Crippen molar-refractivity contribution in [1.82, 2.24) is 15.2 Å². The number of nitrogens with zero attached hydrogens (tertiary/aromatic N) is 2. The molecular formula is C15H21N3O2.